The summed E-state index contributed by atoms with van der Waals surface area (Å²) < 4.78 is 27.2. The maximum atomic E-state index is 14.1. The molecule has 6 nitrogen and oxygen atoms in total. The standard InChI is InChI=1S/C23H29F2N5O/c1-3-10-27-22(31)17-6-4-5-16(12-17)14-28-23(26-2)29-19-9-11-30(15-19)21-8-7-18(24)13-20(21)25/h4-8,12-13,19H,3,9-11,14-15H2,1-2H3,(H,27,31)(H2,26,28,29). The molecule has 166 valence electrons. The van der Waals surface area contributed by atoms with E-state index >= 15 is 0 Å². The number of hydrogen-bond donors (Lipinski definition) is 3. The topological polar surface area (TPSA) is 68.8 Å². The maximum Gasteiger partial charge on any atom is 0.251 e. The molecule has 0 saturated carbocycles. The molecule has 1 amide bonds. The largest absolute Gasteiger partial charge is 0.367 e. The van der Waals surface area contributed by atoms with E-state index in [-0.39, 0.29) is 11.9 Å². The third-order valence-electron chi connectivity index (χ3n) is 5.19. The van der Waals surface area contributed by atoms with Crippen LogP contribution in [-0.2, 0) is 6.54 Å². The molecule has 2 aromatic carbocycles. The van der Waals surface area contributed by atoms with Crippen molar-refractivity contribution in [3.8, 4) is 0 Å². The van der Waals surface area contributed by atoms with E-state index in [1.165, 1.54) is 12.1 Å². The zero-order valence-corrected chi connectivity index (χ0v) is 17.9. The van der Waals surface area contributed by atoms with Gasteiger partial charge in [-0.25, -0.2) is 8.78 Å². The molecular weight excluding hydrogens is 400 g/mol. The van der Waals surface area contributed by atoms with Crippen LogP contribution in [0.1, 0.15) is 35.7 Å². The van der Waals surface area contributed by atoms with Crippen LogP contribution in [0.2, 0.25) is 0 Å². The molecule has 1 fully saturated rings. The van der Waals surface area contributed by atoms with Crippen LogP contribution in [0.15, 0.2) is 47.5 Å². The van der Waals surface area contributed by atoms with E-state index in [0.717, 1.165) is 24.5 Å². The number of amides is 1. The Morgan fingerprint density at radius 2 is 2.03 bits per heavy atom. The van der Waals surface area contributed by atoms with Gasteiger partial charge in [0.2, 0.25) is 0 Å². The highest BCUT2D eigenvalue weighted by Crippen LogP contribution is 2.24. The lowest BCUT2D eigenvalue weighted by atomic mass is 10.1. The number of carbonyl (C=O) groups is 1. The van der Waals surface area contributed by atoms with Crippen molar-refractivity contribution in [3.63, 3.8) is 0 Å². The quantitative estimate of drug-likeness (QED) is 0.468. The van der Waals surface area contributed by atoms with Gasteiger partial charge in [-0.15, -0.1) is 0 Å². The predicted octanol–water partition coefficient (Wildman–Crippen LogP) is 3.05. The lowest BCUT2D eigenvalue weighted by Gasteiger charge is -2.21. The van der Waals surface area contributed by atoms with E-state index in [1.807, 2.05) is 30.0 Å². The van der Waals surface area contributed by atoms with E-state index in [4.69, 9.17) is 0 Å². The van der Waals surface area contributed by atoms with Crippen molar-refractivity contribution in [3.05, 3.63) is 65.2 Å². The molecule has 0 bridgehead atoms. The van der Waals surface area contributed by atoms with Crippen molar-refractivity contribution in [2.24, 2.45) is 4.99 Å². The number of benzene rings is 2. The summed E-state index contributed by atoms with van der Waals surface area (Å²) in [5, 5.41) is 9.49. The number of nitrogens with one attached hydrogen (secondary N) is 3. The predicted molar refractivity (Wildman–Crippen MR) is 119 cm³/mol. The van der Waals surface area contributed by atoms with E-state index in [1.54, 1.807) is 13.1 Å². The fourth-order valence-corrected chi connectivity index (χ4v) is 3.57. The van der Waals surface area contributed by atoms with Gasteiger partial charge in [0.1, 0.15) is 11.6 Å². The molecule has 8 heteroatoms. The van der Waals surface area contributed by atoms with Gasteiger partial charge < -0.3 is 20.9 Å². The molecule has 1 aliphatic rings. The summed E-state index contributed by atoms with van der Waals surface area (Å²) in [6.07, 6.45) is 1.70. The minimum absolute atomic E-state index is 0.0784. The molecule has 1 aliphatic heterocycles. The number of hydrogen-bond acceptors (Lipinski definition) is 3. The third-order valence-corrected chi connectivity index (χ3v) is 5.19. The monoisotopic (exact) mass is 429 g/mol. The van der Waals surface area contributed by atoms with Crippen LogP contribution in [-0.4, -0.2) is 44.6 Å². The molecule has 3 rings (SSSR count). The van der Waals surface area contributed by atoms with Crippen LogP contribution >= 0.6 is 0 Å². The van der Waals surface area contributed by atoms with Gasteiger partial charge in [0.15, 0.2) is 5.96 Å². The van der Waals surface area contributed by atoms with Gasteiger partial charge >= 0.3 is 0 Å². The Balaban J connectivity index is 1.53. The van der Waals surface area contributed by atoms with Crippen molar-refractivity contribution < 1.29 is 13.6 Å². The Morgan fingerprint density at radius 3 is 2.77 bits per heavy atom. The number of aliphatic imine (C=N–C) groups is 1. The van der Waals surface area contributed by atoms with Crippen molar-refractivity contribution in [2.45, 2.75) is 32.4 Å². The summed E-state index contributed by atoms with van der Waals surface area (Å²) in [5.41, 5.74) is 2.00. The molecule has 1 unspecified atom stereocenters. The Bertz CT molecular complexity index is 934. The Kier molecular flexibility index (Phi) is 7.81. The highest BCUT2D eigenvalue weighted by Gasteiger charge is 2.25. The summed E-state index contributed by atoms with van der Waals surface area (Å²) in [7, 11) is 1.69. The highest BCUT2D eigenvalue weighted by molar-refractivity contribution is 5.94. The first-order chi connectivity index (χ1) is 15.0. The third kappa shape index (κ3) is 6.16. The van der Waals surface area contributed by atoms with Crippen LogP contribution in [0.4, 0.5) is 14.5 Å². The van der Waals surface area contributed by atoms with Crippen molar-refractivity contribution >= 4 is 17.6 Å². The molecular formula is C23H29F2N5O. The van der Waals surface area contributed by atoms with Crippen LogP contribution in [0, 0.1) is 11.6 Å². The smallest absolute Gasteiger partial charge is 0.251 e. The highest BCUT2D eigenvalue weighted by atomic mass is 19.1. The number of halogens is 2. The Morgan fingerprint density at radius 1 is 1.19 bits per heavy atom. The maximum absolute atomic E-state index is 14.1. The van der Waals surface area contributed by atoms with Crippen molar-refractivity contribution in [1.82, 2.24) is 16.0 Å². The fraction of sp³-hybridized carbons (Fsp3) is 0.391. The minimum Gasteiger partial charge on any atom is -0.367 e. The molecule has 0 aromatic heterocycles. The summed E-state index contributed by atoms with van der Waals surface area (Å²) in [6.45, 7) is 4.44. The molecule has 0 radical (unpaired) electrons. The van der Waals surface area contributed by atoms with Gasteiger partial charge in [-0.1, -0.05) is 19.1 Å². The van der Waals surface area contributed by atoms with Crippen LogP contribution in [0.3, 0.4) is 0 Å². The zero-order chi connectivity index (χ0) is 22.2. The number of guanidine groups is 1. The Labute approximate surface area is 181 Å². The normalized spacial score (nSPS) is 16.3. The van der Waals surface area contributed by atoms with Crippen LogP contribution < -0.4 is 20.9 Å². The number of carbonyl (C=O) groups excluding carboxylic acids is 1. The summed E-state index contributed by atoms with van der Waals surface area (Å²) in [5.74, 6) is -0.574. The first-order valence-electron chi connectivity index (χ1n) is 10.5. The van der Waals surface area contributed by atoms with Gasteiger partial charge in [-0.3, -0.25) is 9.79 Å². The number of anilines is 1. The summed E-state index contributed by atoms with van der Waals surface area (Å²) in [6, 6.07) is 11.2. The molecule has 0 spiro atoms. The molecule has 2 aromatic rings. The van der Waals surface area contributed by atoms with Gasteiger partial charge in [0.05, 0.1) is 5.69 Å². The molecule has 3 N–H and O–H groups in total. The first kappa shape index (κ1) is 22.5. The molecule has 31 heavy (non-hydrogen) atoms. The van der Waals surface area contributed by atoms with E-state index in [0.29, 0.717) is 43.4 Å². The number of rotatable bonds is 7. The molecule has 1 heterocycles. The molecule has 1 saturated heterocycles. The average Bonchev–Trinajstić information content (AvgIpc) is 3.23. The summed E-state index contributed by atoms with van der Waals surface area (Å²) in [4.78, 5) is 18.3. The van der Waals surface area contributed by atoms with Gasteiger partial charge in [-0.05, 0) is 42.7 Å². The van der Waals surface area contributed by atoms with E-state index in [9.17, 15) is 13.6 Å². The van der Waals surface area contributed by atoms with Crippen molar-refractivity contribution in [1.29, 1.82) is 0 Å². The van der Waals surface area contributed by atoms with Crippen LogP contribution in [0.25, 0.3) is 0 Å². The second-order valence-corrected chi connectivity index (χ2v) is 7.55. The second-order valence-electron chi connectivity index (χ2n) is 7.55. The zero-order valence-electron chi connectivity index (χ0n) is 17.9. The van der Waals surface area contributed by atoms with Gasteiger partial charge in [-0.2, -0.15) is 0 Å². The van der Waals surface area contributed by atoms with Gasteiger partial charge in [0, 0.05) is 50.9 Å². The van der Waals surface area contributed by atoms with E-state index < -0.39 is 11.6 Å². The SMILES string of the molecule is CCCNC(=O)c1cccc(CNC(=NC)NC2CCN(c3ccc(F)cc3F)C2)c1. The Hall–Kier alpha value is -3.16. The number of nitrogens with zero attached hydrogens (tertiary/aromatic N) is 2. The molecule has 0 aliphatic carbocycles. The first-order valence-corrected chi connectivity index (χ1v) is 10.5. The molecule has 1 atom stereocenters. The average molecular weight is 430 g/mol. The van der Waals surface area contributed by atoms with Crippen molar-refractivity contribution in [2.75, 3.05) is 31.6 Å². The lowest BCUT2D eigenvalue weighted by molar-refractivity contribution is 0.0953. The van der Waals surface area contributed by atoms with E-state index in [2.05, 4.69) is 20.9 Å². The minimum atomic E-state index is -0.577. The van der Waals surface area contributed by atoms with Crippen LogP contribution in [0.5, 0.6) is 0 Å². The second kappa shape index (κ2) is 10.7. The summed E-state index contributed by atoms with van der Waals surface area (Å²) >= 11 is 0. The fourth-order valence-electron chi connectivity index (χ4n) is 3.57. The lowest BCUT2D eigenvalue weighted by Crippen LogP contribution is -2.44. The van der Waals surface area contributed by atoms with Gasteiger partial charge in [0.25, 0.3) is 5.91 Å².